The molecular weight excluding hydrogens is 371 g/mol. The van der Waals surface area contributed by atoms with Gasteiger partial charge < -0.3 is 19.9 Å². The van der Waals surface area contributed by atoms with E-state index < -0.39 is 0 Å². The lowest BCUT2D eigenvalue weighted by atomic mass is 10.3. The minimum absolute atomic E-state index is 0.0966. The molecule has 3 rings (SSSR count). The first kappa shape index (κ1) is 19.1. The van der Waals surface area contributed by atoms with E-state index in [1.807, 2.05) is 0 Å². The van der Waals surface area contributed by atoms with Gasteiger partial charge in [0, 0.05) is 31.9 Å². The summed E-state index contributed by atoms with van der Waals surface area (Å²) in [6, 6.07) is 5.94. The van der Waals surface area contributed by atoms with E-state index in [4.69, 9.17) is 4.74 Å². The number of halogens is 1. The summed E-state index contributed by atoms with van der Waals surface area (Å²) in [6.07, 6.45) is -0.343. The van der Waals surface area contributed by atoms with Crippen LogP contribution in [0.15, 0.2) is 24.3 Å². The zero-order valence-corrected chi connectivity index (χ0v) is 16.0. The van der Waals surface area contributed by atoms with Gasteiger partial charge in [0.15, 0.2) is 5.13 Å². The fourth-order valence-electron chi connectivity index (χ4n) is 2.76. The molecule has 1 aromatic carbocycles. The van der Waals surface area contributed by atoms with E-state index in [9.17, 15) is 14.0 Å². The number of amides is 2. The van der Waals surface area contributed by atoms with Crippen LogP contribution < -0.4 is 5.32 Å². The quantitative estimate of drug-likeness (QED) is 0.865. The summed E-state index contributed by atoms with van der Waals surface area (Å²) in [6.45, 7) is 5.69. The van der Waals surface area contributed by atoms with Crippen LogP contribution in [0.25, 0.3) is 0 Å². The van der Waals surface area contributed by atoms with Gasteiger partial charge in [-0.25, -0.2) is 14.2 Å². The first-order chi connectivity index (χ1) is 13.0. The van der Waals surface area contributed by atoms with Crippen molar-refractivity contribution in [3.05, 3.63) is 40.7 Å². The highest BCUT2D eigenvalue weighted by Crippen LogP contribution is 2.27. The smallest absolute Gasteiger partial charge is 0.409 e. The fourth-order valence-corrected chi connectivity index (χ4v) is 3.71. The van der Waals surface area contributed by atoms with Crippen molar-refractivity contribution in [1.29, 1.82) is 0 Å². The van der Waals surface area contributed by atoms with E-state index in [2.05, 4.69) is 10.3 Å². The number of aromatic nitrogens is 1. The van der Waals surface area contributed by atoms with Crippen molar-refractivity contribution in [3.63, 3.8) is 0 Å². The Labute approximate surface area is 160 Å². The fraction of sp³-hybridized carbons (Fsp3) is 0.389. The molecule has 7 nitrogen and oxygen atoms in total. The van der Waals surface area contributed by atoms with Crippen molar-refractivity contribution in [2.75, 3.05) is 38.1 Å². The normalized spacial score (nSPS) is 14.2. The van der Waals surface area contributed by atoms with Crippen LogP contribution in [0.5, 0.6) is 0 Å². The number of nitrogens with one attached hydrogen (secondary N) is 1. The van der Waals surface area contributed by atoms with Gasteiger partial charge in [-0.15, -0.1) is 0 Å². The van der Waals surface area contributed by atoms with Gasteiger partial charge in [-0.3, -0.25) is 4.79 Å². The van der Waals surface area contributed by atoms with Crippen molar-refractivity contribution in [3.8, 4) is 0 Å². The number of hydrogen-bond donors (Lipinski definition) is 1. The van der Waals surface area contributed by atoms with Crippen LogP contribution in [0, 0.1) is 12.7 Å². The van der Waals surface area contributed by atoms with E-state index in [1.165, 1.54) is 23.5 Å². The number of rotatable bonds is 4. The molecule has 1 fully saturated rings. The highest BCUT2D eigenvalue weighted by atomic mass is 32.1. The molecule has 2 aromatic rings. The van der Waals surface area contributed by atoms with Crippen LogP contribution in [0.2, 0.25) is 0 Å². The van der Waals surface area contributed by atoms with Crippen molar-refractivity contribution in [2.45, 2.75) is 13.8 Å². The van der Waals surface area contributed by atoms with Crippen molar-refractivity contribution in [1.82, 2.24) is 14.8 Å². The summed E-state index contributed by atoms with van der Waals surface area (Å²) >= 11 is 1.26. The van der Waals surface area contributed by atoms with Gasteiger partial charge >= 0.3 is 6.09 Å². The highest BCUT2D eigenvalue weighted by Gasteiger charge is 2.27. The lowest BCUT2D eigenvalue weighted by Gasteiger charge is -2.33. The molecule has 1 aliphatic heterocycles. The van der Waals surface area contributed by atoms with E-state index in [0.29, 0.717) is 54.2 Å². The molecule has 0 atom stereocenters. The summed E-state index contributed by atoms with van der Waals surface area (Å²) in [4.78, 5) is 32.9. The molecule has 144 valence electrons. The maximum atomic E-state index is 13.0. The van der Waals surface area contributed by atoms with E-state index in [0.717, 1.165) is 0 Å². The molecule has 9 heteroatoms. The molecule has 1 saturated heterocycles. The first-order valence-corrected chi connectivity index (χ1v) is 9.50. The third kappa shape index (κ3) is 4.54. The van der Waals surface area contributed by atoms with Crippen molar-refractivity contribution >= 4 is 34.2 Å². The van der Waals surface area contributed by atoms with Gasteiger partial charge in [0.25, 0.3) is 5.91 Å². The monoisotopic (exact) mass is 392 g/mol. The molecule has 0 aliphatic carbocycles. The zero-order valence-electron chi connectivity index (χ0n) is 15.2. The number of thiazole rings is 1. The predicted molar refractivity (Wildman–Crippen MR) is 101 cm³/mol. The summed E-state index contributed by atoms with van der Waals surface area (Å²) in [5.74, 6) is -0.408. The number of carbonyl (C=O) groups excluding carboxylic acids is 2. The van der Waals surface area contributed by atoms with Crippen LogP contribution in [0.1, 0.15) is 22.3 Å². The molecule has 1 N–H and O–H groups in total. The Morgan fingerprint density at radius 1 is 1.19 bits per heavy atom. The van der Waals surface area contributed by atoms with Crippen LogP contribution in [-0.2, 0) is 4.74 Å². The number of benzene rings is 1. The third-order valence-electron chi connectivity index (χ3n) is 4.18. The molecule has 0 bridgehead atoms. The summed E-state index contributed by atoms with van der Waals surface area (Å²) in [7, 11) is 0. The predicted octanol–water partition coefficient (Wildman–Crippen LogP) is 3.25. The molecular formula is C18H21FN4O3S. The van der Waals surface area contributed by atoms with Gasteiger partial charge in [0.05, 0.1) is 12.3 Å². The summed E-state index contributed by atoms with van der Waals surface area (Å²) < 4.78 is 18.0. The number of hydrogen-bond acceptors (Lipinski definition) is 6. The van der Waals surface area contributed by atoms with Gasteiger partial charge in [0.2, 0.25) is 0 Å². The van der Waals surface area contributed by atoms with Gasteiger partial charge in [-0.1, -0.05) is 11.3 Å². The van der Waals surface area contributed by atoms with Crippen molar-refractivity contribution < 1.29 is 18.7 Å². The Morgan fingerprint density at radius 2 is 1.81 bits per heavy atom. The van der Waals surface area contributed by atoms with Crippen LogP contribution in [0.3, 0.4) is 0 Å². The van der Waals surface area contributed by atoms with E-state index >= 15 is 0 Å². The minimum Gasteiger partial charge on any atom is -0.450 e. The van der Waals surface area contributed by atoms with Crippen molar-refractivity contribution in [2.24, 2.45) is 0 Å². The van der Waals surface area contributed by atoms with Crippen LogP contribution in [0.4, 0.5) is 20.0 Å². The summed E-state index contributed by atoms with van der Waals surface area (Å²) in [5.41, 5.74) is 1.34. The third-order valence-corrected chi connectivity index (χ3v) is 5.24. The molecule has 0 radical (unpaired) electrons. The molecule has 0 saturated carbocycles. The molecule has 1 aromatic heterocycles. The number of aryl methyl sites for hydroxylation is 1. The molecule has 2 heterocycles. The number of ether oxygens (including phenoxy) is 1. The van der Waals surface area contributed by atoms with Gasteiger partial charge in [-0.2, -0.15) is 0 Å². The number of carbonyl (C=O) groups is 2. The lowest BCUT2D eigenvalue weighted by molar-refractivity contribution is 0.0573. The standard InChI is InChI=1S/C18H21FN4O3S/c1-3-26-18(25)23-10-8-22(9-11-23)16(24)15-12(2)20-17(27-15)21-14-6-4-13(19)5-7-14/h4-7H,3,8-11H2,1-2H3,(H,20,21). The second-order valence-corrected chi connectivity index (χ2v) is 7.04. The Kier molecular flexibility index (Phi) is 5.90. The SMILES string of the molecule is CCOC(=O)N1CCN(C(=O)c2sc(Nc3ccc(F)cc3)nc2C)CC1. The van der Waals surface area contributed by atoms with Gasteiger partial charge in [-0.05, 0) is 38.1 Å². The topological polar surface area (TPSA) is 74.8 Å². The average Bonchev–Trinajstić information content (AvgIpc) is 3.03. The molecule has 0 unspecified atom stereocenters. The zero-order chi connectivity index (χ0) is 19.4. The van der Waals surface area contributed by atoms with Crippen LogP contribution in [-0.4, -0.2) is 59.6 Å². The van der Waals surface area contributed by atoms with Crippen LogP contribution >= 0.6 is 11.3 Å². The largest absolute Gasteiger partial charge is 0.450 e. The summed E-state index contributed by atoms with van der Waals surface area (Å²) in [5, 5.41) is 3.66. The second-order valence-electron chi connectivity index (χ2n) is 6.04. The number of piperazine rings is 1. The molecule has 1 aliphatic rings. The van der Waals surface area contributed by atoms with Gasteiger partial charge in [0.1, 0.15) is 10.7 Å². The Bertz CT molecular complexity index is 817. The Morgan fingerprint density at radius 3 is 2.44 bits per heavy atom. The molecule has 0 spiro atoms. The Hall–Kier alpha value is -2.68. The number of anilines is 2. The molecule has 2 amide bonds. The average molecular weight is 392 g/mol. The first-order valence-electron chi connectivity index (χ1n) is 8.69. The second kappa shape index (κ2) is 8.34. The minimum atomic E-state index is -0.343. The maximum Gasteiger partial charge on any atom is 0.409 e. The number of nitrogens with zero attached hydrogens (tertiary/aromatic N) is 3. The lowest BCUT2D eigenvalue weighted by Crippen LogP contribution is -2.50. The molecule has 27 heavy (non-hydrogen) atoms. The maximum absolute atomic E-state index is 13.0. The highest BCUT2D eigenvalue weighted by molar-refractivity contribution is 7.17. The van der Waals surface area contributed by atoms with E-state index in [-0.39, 0.29) is 17.8 Å². The Balaban J connectivity index is 1.63. The van der Waals surface area contributed by atoms with E-state index in [1.54, 1.807) is 35.8 Å².